The highest BCUT2D eigenvalue weighted by molar-refractivity contribution is 5.68. The van der Waals surface area contributed by atoms with Crippen molar-refractivity contribution < 1.29 is 9.53 Å². The number of carbonyl (C=O) groups is 1. The Labute approximate surface area is 78.2 Å². The smallest absolute Gasteiger partial charge is 0.407 e. The van der Waals surface area contributed by atoms with Crippen LogP contribution in [0.25, 0.3) is 0 Å². The van der Waals surface area contributed by atoms with E-state index < -0.39 is 0 Å². The molecule has 0 saturated carbocycles. The Morgan fingerprint density at radius 3 is 2.31 bits per heavy atom. The largest absolute Gasteiger partial charge is 0.453 e. The zero-order valence-corrected chi connectivity index (χ0v) is 8.01. The molecule has 0 aromatic carbocycles. The highest BCUT2D eigenvalue weighted by Crippen LogP contribution is 2.31. The zero-order valence-electron chi connectivity index (χ0n) is 8.01. The number of fused-ring (bicyclic) bond motifs is 3. The average molecular weight is 184 g/mol. The van der Waals surface area contributed by atoms with Gasteiger partial charge < -0.3 is 15.0 Å². The fourth-order valence-electron chi connectivity index (χ4n) is 2.28. The first kappa shape index (κ1) is 8.81. The predicted octanol–water partition coefficient (Wildman–Crippen LogP) is 0.581. The normalized spacial score (nSPS) is 37.2. The number of amides is 1. The molecule has 4 heteroatoms. The summed E-state index contributed by atoms with van der Waals surface area (Å²) in [6, 6.07) is 0. The third-order valence-electron chi connectivity index (χ3n) is 3.27. The van der Waals surface area contributed by atoms with E-state index in [4.69, 9.17) is 0 Å². The molecule has 0 aromatic heterocycles. The van der Waals surface area contributed by atoms with E-state index in [1.54, 1.807) is 0 Å². The summed E-state index contributed by atoms with van der Waals surface area (Å²) in [5, 5.41) is 2.98. The van der Waals surface area contributed by atoms with Gasteiger partial charge in [0, 0.05) is 25.2 Å². The first-order chi connectivity index (χ1) is 6.24. The standard InChI is InChI=1S/C9H16N2O2/c1-13-8(12)10-9-2-5-11(6-3-9)7-4-9/h2-7H2,1H3,(H,10,12). The van der Waals surface area contributed by atoms with Crippen LogP contribution in [0, 0.1) is 0 Å². The Morgan fingerprint density at radius 1 is 1.31 bits per heavy atom. The summed E-state index contributed by atoms with van der Waals surface area (Å²) in [5.74, 6) is 0. The SMILES string of the molecule is COC(=O)NC12CCN(CC1)CC2. The van der Waals surface area contributed by atoms with E-state index in [-0.39, 0.29) is 11.6 Å². The highest BCUT2D eigenvalue weighted by atomic mass is 16.5. The number of hydrogen-bond acceptors (Lipinski definition) is 3. The lowest BCUT2D eigenvalue weighted by Gasteiger charge is -2.48. The number of carbonyl (C=O) groups excluding carboxylic acids is 1. The molecular formula is C9H16N2O2. The van der Waals surface area contributed by atoms with Crippen molar-refractivity contribution in [1.29, 1.82) is 0 Å². The molecule has 3 fully saturated rings. The maximum Gasteiger partial charge on any atom is 0.407 e. The second-order valence-corrected chi connectivity index (χ2v) is 3.99. The maximum absolute atomic E-state index is 11.1. The third-order valence-corrected chi connectivity index (χ3v) is 3.27. The van der Waals surface area contributed by atoms with E-state index in [9.17, 15) is 4.79 Å². The molecule has 0 atom stereocenters. The number of methoxy groups -OCH3 is 1. The fourth-order valence-corrected chi connectivity index (χ4v) is 2.28. The molecule has 0 radical (unpaired) electrons. The van der Waals surface area contributed by atoms with Crippen LogP contribution < -0.4 is 5.32 Å². The van der Waals surface area contributed by atoms with Gasteiger partial charge in [-0.05, 0) is 19.3 Å². The van der Waals surface area contributed by atoms with Gasteiger partial charge in [-0.25, -0.2) is 4.79 Å². The quantitative estimate of drug-likeness (QED) is 0.648. The van der Waals surface area contributed by atoms with E-state index >= 15 is 0 Å². The Kier molecular flexibility index (Phi) is 2.15. The minimum atomic E-state index is -0.282. The third kappa shape index (κ3) is 1.63. The van der Waals surface area contributed by atoms with Gasteiger partial charge in [0.1, 0.15) is 0 Å². The average Bonchev–Trinajstić information content (AvgIpc) is 2.20. The van der Waals surface area contributed by atoms with Crippen LogP contribution in [0.2, 0.25) is 0 Å². The minimum Gasteiger partial charge on any atom is -0.453 e. The predicted molar refractivity (Wildman–Crippen MR) is 48.6 cm³/mol. The number of nitrogens with one attached hydrogen (secondary N) is 1. The molecule has 1 amide bonds. The monoisotopic (exact) mass is 184 g/mol. The second kappa shape index (κ2) is 3.18. The van der Waals surface area contributed by atoms with Crippen molar-refractivity contribution in [2.24, 2.45) is 0 Å². The first-order valence-electron chi connectivity index (χ1n) is 4.83. The van der Waals surface area contributed by atoms with E-state index in [2.05, 4.69) is 15.0 Å². The van der Waals surface area contributed by atoms with Gasteiger partial charge in [0.2, 0.25) is 0 Å². The van der Waals surface area contributed by atoms with Crippen LogP contribution in [0.3, 0.4) is 0 Å². The maximum atomic E-state index is 11.1. The molecule has 3 saturated heterocycles. The molecule has 74 valence electrons. The van der Waals surface area contributed by atoms with E-state index in [1.807, 2.05) is 0 Å². The van der Waals surface area contributed by atoms with Gasteiger partial charge in [0.15, 0.2) is 0 Å². The topological polar surface area (TPSA) is 41.6 Å². The van der Waals surface area contributed by atoms with E-state index in [0.29, 0.717) is 0 Å². The molecule has 13 heavy (non-hydrogen) atoms. The number of rotatable bonds is 1. The molecule has 1 N–H and O–H groups in total. The van der Waals surface area contributed by atoms with Crippen molar-refractivity contribution in [2.75, 3.05) is 26.7 Å². The summed E-state index contributed by atoms with van der Waals surface area (Å²) in [6.07, 6.45) is 2.93. The van der Waals surface area contributed by atoms with E-state index in [0.717, 1.165) is 38.9 Å². The van der Waals surface area contributed by atoms with Crippen molar-refractivity contribution in [3.05, 3.63) is 0 Å². The lowest BCUT2D eigenvalue weighted by atomic mass is 9.80. The highest BCUT2D eigenvalue weighted by Gasteiger charge is 2.40. The lowest BCUT2D eigenvalue weighted by Crippen LogP contribution is -2.60. The van der Waals surface area contributed by atoms with Gasteiger partial charge >= 0.3 is 6.09 Å². The van der Waals surface area contributed by atoms with E-state index in [1.165, 1.54) is 7.11 Å². The van der Waals surface area contributed by atoms with Gasteiger partial charge in [-0.2, -0.15) is 0 Å². The van der Waals surface area contributed by atoms with Gasteiger partial charge in [-0.15, -0.1) is 0 Å². The van der Waals surface area contributed by atoms with Crippen molar-refractivity contribution in [2.45, 2.75) is 24.8 Å². The molecule has 3 rings (SSSR count). The van der Waals surface area contributed by atoms with Crippen molar-refractivity contribution in [3.63, 3.8) is 0 Å². The van der Waals surface area contributed by atoms with Crippen LogP contribution >= 0.6 is 0 Å². The Morgan fingerprint density at radius 2 is 1.85 bits per heavy atom. The number of alkyl carbamates (subject to hydrolysis) is 1. The van der Waals surface area contributed by atoms with Gasteiger partial charge in [0.05, 0.1) is 7.11 Å². The van der Waals surface area contributed by atoms with Crippen LogP contribution in [-0.2, 0) is 4.74 Å². The van der Waals surface area contributed by atoms with Crippen LogP contribution in [0.15, 0.2) is 0 Å². The molecule has 0 unspecified atom stereocenters. The van der Waals surface area contributed by atoms with Gasteiger partial charge in [0.25, 0.3) is 0 Å². The molecular weight excluding hydrogens is 168 g/mol. The Hall–Kier alpha value is -0.770. The first-order valence-corrected chi connectivity index (χ1v) is 4.83. The van der Waals surface area contributed by atoms with Crippen LogP contribution in [-0.4, -0.2) is 43.3 Å². The fraction of sp³-hybridized carbons (Fsp3) is 0.889. The summed E-state index contributed by atoms with van der Waals surface area (Å²) in [6.45, 7) is 3.35. The molecule has 0 spiro atoms. The second-order valence-electron chi connectivity index (χ2n) is 3.99. The van der Waals surface area contributed by atoms with Crippen molar-refractivity contribution >= 4 is 6.09 Å². The van der Waals surface area contributed by atoms with Crippen molar-refractivity contribution in [3.8, 4) is 0 Å². The Balaban J connectivity index is 1.98. The number of nitrogens with zero attached hydrogens (tertiary/aromatic N) is 1. The van der Waals surface area contributed by atoms with Crippen LogP contribution in [0.4, 0.5) is 4.79 Å². The summed E-state index contributed by atoms with van der Waals surface area (Å²) in [4.78, 5) is 13.6. The molecule has 3 heterocycles. The zero-order chi connectivity index (χ0) is 9.31. The Bertz CT molecular complexity index is 196. The van der Waals surface area contributed by atoms with Crippen LogP contribution in [0.1, 0.15) is 19.3 Å². The summed E-state index contributed by atoms with van der Waals surface area (Å²) in [5.41, 5.74) is 0.0435. The number of piperidine rings is 3. The lowest BCUT2D eigenvalue weighted by molar-refractivity contribution is 0.0570. The molecule has 0 aliphatic carbocycles. The number of ether oxygens (including phenoxy) is 1. The summed E-state index contributed by atoms with van der Waals surface area (Å²) >= 11 is 0. The molecule has 0 aromatic rings. The molecule has 3 aliphatic rings. The minimum absolute atomic E-state index is 0.0435. The van der Waals surface area contributed by atoms with Gasteiger partial charge in [-0.3, -0.25) is 0 Å². The van der Waals surface area contributed by atoms with Gasteiger partial charge in [-0.1, -0.05) is 0 Å². The van der Waals surface area contributed by atoms with Crippen LogP contribution in [0.5, 0.6) is 0 Å². The molecule has 3 aliphatic heterocycles. The summed E-state index contributed by atoms with van der Waals surface area (Å²) in [7, 11) is 1.42. The molecule has 2 bridgehead atoms. The molecule has 4 nitrogen and oxygen atoms in total. The van der Waals surface area contributed by atoms with Crippen molar-refractivity contribution in [1.82, 2.24) is 10.2 Å². The number of hydrogen-bond donors (Lipinski definition) is 1. The summed E-state index contributed by atoms with van der Waals surface area (Å²) < 4.78 is 4.63.